The average molecular weight is 298 g/mol. The standard InChI is InChI=1S/C13H22N4O2S/c1-13(2,3)19-12(18)15-7-11(9-4-5-9)14-6-10-8-20-17-16-10/h8-9,11,14H,4-7H2,1-3H3,(H,15,18). The van der Waals surface area contributed by atoms with E-state index in [9.17, 15) is 4.79 Å². The first kappa shape index (κ1) is 15.2. The van der Waals surface area contributed by atoms with Gasteiger partial charge in [-0.25, -0.2) is 4.79 Å². The Morgan fingerprint density at radius 3 is 2.85 bits per heavy atom. The lowest BCUT2D eigenvalue weighted by Gasteiger charge is -2.22. The van der Waals surface area contributed by atoms with Crippen LogP contribution in [0, 0.1) is 5.92 Å². The third-order valence-electron chi connectivity index (χ3n) is 3.01. The SMILES string of the molecule is CC(C)(C)OC(=O)NCC(NCc1csnn1)C1CC1. The molecule has 6 nitrogen and oxygen atoms in total. The molecule has 0 radical (unpaired) electrons. The average Bonchev–Trinajstić information content (AvgIpc) is 3.03. The number of hydrogen-bond donors (Lipinski definition) is 2. The second kappa shape index (κ2) is 6.49. The van der Waals surface area contributed by atoms with E-state index in [-0.39, 0.29) is 12.1 Å². The topological polar surface area (TPSA) is 76.1 Å². The first-order valence-corrected chi connectivity index (χ1v) is 7.74. The van der Waals surface area contributed by atoms with Crippen molar-refractivity contribution in [2.45, 2.75) is 51.8 Å². The van der Waals surface area contributed by atoms with E-state index in [0.29, 0.717) is 19.0 Å². The Morgan fingerprint density at radius 2 is 2.30 bits per heavy atom. The lowest BCUT2D eigenvalue weighted by molar-refractivity contribution is 0.0521. The van der Waals surface area contributed by atoms with E-state index in [1.165, 1.54) is 24.4 Å². The molecule has 2 N–H and O–H groups in total. The van der Waals surface area contributed by atoms with Gasteiger partial charge in [0.15, 0.2) is 0 Å². The molecule has 20 heavy (non-hydrogen) atoms. The van der Waals surface area contributed by atoms with Crippen molar-refractivity contribution < 1.29 is 9.53 Å². The van der Waals surface area contributed by atoms with Gasteiger partial charge in [0.1, 0.15) is 5.60 Å². The lowest BCUT2D eigenvalue weighted by atomic mass is 10.2. The van der Waals surface area contributed by atoms with Gasteiger partial charge in [-0.3, -0.25) is 0 Å². The van der Waals surface area contributed by atoms with Crippen molar-refractivity contribution in [1.82, 2.24) is 20.2 Å². The summed E-state index contributed by atoms with van der Waals surface area (Å²) in [5.74, 6) is 0.636. The Labute approximate surface area is 123 Å². The Bertz CT molecular complexity index is 426. The minimum Gasteiger partial charge on any atom is -0.444 e. The first-order valence-electron chi connectivity index (χ1n) is 6.90. The summed E-state index contributed by atoms with van der Waals surface area (Å²) in [6.45, 7) is 6.85. The zero-order valence-corrected chi connectivity index (χ0v) is 13.0. The maximum absolute atomic E-state index is 11.7. The summed E-state index contributed by atoms with van der Waals surface area (Å²) in [5, 5.41) is 12.2. The number of nitrogens with zero attached hydrogens (tertiary/aromatic N) is 2. The molecule has 1 aliphatic rings. The summed E-state index contributed by atoms with van der Waals surface area (Å²) in [7, 11) is 0. The van der Waals surface area contributed by atoms with Gasteiger partial charge in [0, 0.05) is 24.5 Å². The molecule has 1 atom stereocenters. The van der Waals surface area contributed by atoms with Gasteiger partial charge in [-0.05, 0) is 51.1 Å². The third kappa shape index (κ3) is 5.42. The van der Waals surface area contributed by atoms with Crippen LogP contribution in [-0.2, 0) is 11.3 Å². The van der Waals surface area contributed by atoms with Crippen LogP contribution >= 0.6 is 11.5 Å². The van der Waals surface area contributed by atoms with Gasteiger partial charge < -0.3 is 15.4 Å². The zero-order chi connectivity index (χ0) is 14.6. The van der Waals surface area contributed by atoms with Gasteiger partial charge >= 0.3 is 6.09 Å². The second-order valence-electron chi connectivity index (χ2n) is 6.10. The largest absolute Gasteiger partial charge is 0.444 e. The molecule has 0 saturated heterocycles. The molecule has 1 aliphatic carbocycles. The maximum Gasteiger partial charge on any atom is 0.407 e. The van der Waals surface area contributed by atoms with Crippen LogP contribution in [0.1, 0.15) is 39.3 Å². The Balaban J connectivity index is 1.73. The van der Waals surface area contributed by atoms with Crippen molar-refractivity contribution in [2.75, 3.05) is 6.54 Å². The number of rotatable bonds is 6. The third-order valence-corrected chi connectivity index (χ3v) is 3.56. The number of aromatic nitrogens is 2. The summed E-state index contributed by atoms with van der Waals surface area (Å²) in [6.07, 6.45) is 2.06. The molecule has 0 spiro atoms. The monoisotopic (exact) mass is 298 g/mol. The van der Waals surface area contributed by atoms with Crippen molar-refractivity contribution in [3.63, 3.8) is 0 Å². The van der Waals surface area contributed by atoms with Crippen LogP contribution < -0.4 is 10.6 Å². The number of amides is 1. The summed E-state index contributed by atoms with van der Waals surface area (Å²) < 4.78 is 9.08. The summed E-state index contributed by atoms with van der Waals surface area (Å²) in [4.78, 5) is 11.7. The molecular formula is C13H22N4O2S. The fraction of sp³-hybridized carbons (Fsp3) is 0.769. The zero-order valence-electron chi connectivity index (χ0n) is 12.2. The Hall–Kier alpha value is -1.21. The molecule has 1 aromatic rings. The van der Waals surface area contributed by atoms with Gasteiger partial charge in [0.25, 0.3) is 0 Å². The normalized spacial score (nSPS) is 16.8. The maximum atomic E-state index is 11.7. The Morgan fingerprint density at radius 1 is 1.55 bits per heavy atom. The van der Waals surface area contributed by atoms with Crippen LogP contribution in [0.4, 0.5) is 4.79 Å². The molecule has 1 heterocycles. The molecule has 1 fully saturated rings. The van der Waals surface area contributed by atoms with Crippen LogP contribution in [0.5, 0.6) is 0 Å². The number of ether oxygens (including phenoxy) is 1. The molecule has 1 aromatic heterocycles. The van der Waals surface area contributed by atoms with E-state index in [1.54, 1.807) is 0 Å². The minimum atomic E-state index is -0.459. The highest BCUT2D eigenvalue weighted by atomic mass is 32.1. The van der Waals surface area contributed by atoms with Crippen molar-refractivity contribution in [1.29, 1.82) is 0 Å². The highest BCUT2D eigenvalue weighted by Crippen LogP contribution is 2.32. The van der Waals surface area contributed by atoms with Crippen LogP contribution in [0.2, 0.25) is 0 Å². The summed E-state index contributed by atoms with van der Waals surface area (Å²) in [5.41, 5.74) is 0.483. The predicted octanol–water partition coefficient (Wildman–Crippen LogP) is 1.93. The highest BCUT2D eigenvalue weighted by molar-refractivity contribution is 7.03. The van der Waals surface area contributed by atoms with Crippen LogP contribution in [0.15, 0.2) is 5.38 Å². The van der Waals surface area contributed by atoms with E-state index in [0.717, 1.165) is 5.69 Å². The molecule has 0 bridgehead atoms. The molecule has 7 heteroatoms. The van der Waals surface area contributed by atoms with Crippen LogP contribution in [0.25, 0.3) is 0 Å². The molecule has 1 saturated carbocycles. The van der Waals surface area contributed by atoms with E-state index >= 15 is 0 Å². The molecular weight excluding hydrogens is 276 g/mol. The molecule has 0 aliphatic heterocycles. The minimum absolute atomic E-state index is 0.268. The fourth-order valence-electron chi connectivity index (χ4n) is 1.91. The summed E-state index contributed by atoms with van der Waals surface area (Å²) >= 11 is 1.35. The van der Waals surface area contributed by atoms with Gasteiger partial charge in [-0.15, -0.1) is 5.10 Å². The number of alkyl carbamates (subject to hydrolysis) is 1. The van der Waals surface area contributed by atoms with Gasteiger partial charge in [0.2, 0.25) is 0 Å². The predicted molar refractivity (Wildman–Crippen MR) is 77.5 cm³/mol. The van der Waals surface area contributed by atoms with Crippen molar-refractivity contribution in [3.05, 3.63) is 11.1 Å². The molecule has 112 valence electrons. The van der Waals surface area contributed by atoms with E-state index < -0.39 is 5.60 Å². The molecule has 2 rings (SSSR count). The molecule has 1 unspecified atom stereocenters. The smallest absolute Gasteiger partial charge is 0.407 e. The fourth-order valence-corrected chi connectivity index (χ4v) is 2.36. The van der Waals surface area contributed by atoms with E-state index in [2.05, 4.69) is 20.2 Å². The lowest BCUT2D eigenvalue weighted by Crippen LogP contribution is -2.43. The molecule has 0 aromatic carbocycles. The van der Waals surface area contributed by atoms with Gasteiger partial charge in [-0.1, -0.05) is 4.49 Å². The van der Waals surface area contributed by atoms with Crippen molar-refractivity contribution in [2.24, 2.45) is 5.92 Å². The van der Waals surface area contributed by atoms with Gasteiger partial charge in [-0.2, -0.15) is 0 Å². The quantitative estimate of drug-likeness (QED) is 0.839. The first-order chi connectivity index (χ1) is 9.44. The van der Waals surface area contributed by atoms with Gasteiger partial charge in [0.05, 0.1) is 5.69 Å². The number of carbonyl (C=O) groups is 1. The Kier molecular flexibility index (Phi) is 4.93. The summed E-state index contributed by atoms with van der Waals surface area (Å²) in [6, 6.07) is 0.268. The van der Waals surface area contributed by atoms with Crippen LogP contribution in [-0.4, -0.2) is 33.9 Å². The number of carbonyl (C=O) groups excluding carboxylic acids is 1. The van der Waals surface area contributed by atoms with Crippen molar-refractivity contribution >= 4 is 17.6 Å². The second-order valence-corrected chi connectivity index (χ2v) is 6.71. The number of hydrogen-bond acceptors (Lipinski definition) is 6. The van der Waals surface area contributed by atoms with E-state index in [1.807, 2.05) is 26.2 Å². The van der Waals surface area contributed by atoms with Crippen LogP contribution in [0.3, 0.4) is 0 Å². The number of nitrogens with one attached hydrogen (secondary N) is 2. The highest BCUT2D eigenvalue weighted by Gasteiger charge is 2.31. The van der Waals surface area contributed by atoms with Crippen molar-refractivity contribution in [3.8, 4) is 0 Å². The van der Waals surface area contributed by atoms with E-state index in [4.69, 9.17) is 4.74 Å². The molecule has 1 amide bonds.